The van der Waals surface area contributed by atoms with E-state index in [1.165, 1.54) is 10.5 Å². The van der Waals surface area contributed by atoms with Crippen LogP contribution in [0.15, 0.2) is 17.9 Å². The molecule has 0 unspecified atom stereocenters. The number of rotatable bonds is 2. The Kier molecular flexibility index (Phi) is 1.63. The number of hydrogen-bond acceptors (Lipinski definition) is 3. The Labute approximate surface area is 68.5 Å². The molecular formula is C7H9N3S. The Morgan fingerprint density at radius 3 is 3.36 bits per heavy atom. The first-order valence-electron chi connectivity index (χ1n) is 3.50. The van der Waals surface area contributed by atoms with Crippen LogP contribution in [0.25, 0.3) is 4.83 Å². The van der Waals surface area contributed by atoms with Gasteiger partial charge in [0.05, 0.1) is 6.20 Å². The summed E-state index contributed by atoms with van der Waals surface area (Å²) in [4.78, 5) is 5.23. The molecule has 0 aliphatic carbocycles. The summed E-state index contributed by atoms with van der Waals surface area (Å²) in [5.41, 5.74) is 6.71. The second-order valence-electron chi connectivity index (χ2n) is 2.37. The summed E-state index contributed by atoms with van der Waals surface area (Å²) in [7, 11) is 0. The van der Waals surface area contributed by atoms with Crippen LogP contribution in [-0.2, 0) is 6.42 Å². The van der Waals surface area contributed by atoms with Crippen LogP contribution >= 0.6 is 11.3 Å². The van der Waals surface area contributed by atoms with Crippen molar-refractivity contribution in [1.82, 2.24) is 9.38 Å². The number of nitrogens with two attached hydrogens (primary N) is 1. The van der Waals surface area contributed by atoms with Gasteiger partial charge >= 0.3 is 0 Å². The smallest absolute Gasteiger partial charge is 0.119 e. The summed E-state index contributed by atoms with van der Waals surface area (Å²) in [5, 5.41) is 2.13. The van der Waals surface area contributed by atoms with Crippen LogP contribution in [0.1, 0.15) is 5.69 Å². The molecule has 0 bridgehead atoms. The first kappa shape index (κ1) is 6.82. The second-order valence-corrected chi connectivity index (χ2v) is 3.26. The minimum atomic E-state index is 0.698. The molecule has 58 valence electrons. The molecule has 0 radical (unpaired) electrons. The Bertz CT molecular complexity index is 349. The van der Waals surface area contributed by atoms with Gasteiger partial charge in [-0.15, -0.1) is 11.3 Å². The van der Waals surface area contributed by atoms with Crippen molar-refractivity contribution in [3.63, 3.8) is 0 Å². The van der Waals surface area contributed by atoms with Crippen LogP contribution in [0.4, 0.5) is 0 Å². The number of fused-ring (bicyclic) bond motifs is 1. The van der Waals surface area contributed by atoms with Crippen LogP contribution in [-0.4, -0.2) is 15.9 Å². The van der Waals surface area contributed by atoms with Gasteiger partial charge in [-0.3, -0.25) is 4.40 Å². The Balaban J connectivity index is 2.51. The van der Waals surface area contributed by atoms with Gasteiger partial charge in [0.1, 0.15) is 11.2 Å². The van der Waals surface area contributed by atoms with Crippen LogP contribution < -0.4 is 5.73 Å². The summed E-state index contributed by atoms with van der Waals surface area (Å²) in [6.07, 6.45) is 4.62. The maximum Gasteiger partial charge on any atom is 0.119 e. The zero-order valence-corrected chi connectivity index (χ0v) is 6.84. The van der Waals surface area contributed by atoms with Gasteiger partial charge in [-0.2, -0.15) is 0 Å². The van der Waals surface area contributed by atoms with E-state index in [0.29, 0.717) is 6.54 Å². The van der Waals surface area contributed by atoms with Crippen molar-refractivity contribution < 1.29 is 0 Å². The van der Waals surface area contributed by atoms with E-state index in [9.17, 15) is 0 Å². The largest absolute Gasteiger partial charge is 0.330 e. The predicted octanol–water partition coefficient (Wildman–Crippen LogP) is 0.897. The molecule has 3 nitrogen and oxygen atoms in total. The summed E-state index contributed by atoms with van der Waals surface area (Å²) in [6.45, 7) is 0.698. The average Bonchev–Trinajstić information content (AvgIpc) is 2.53. The van der Waals surface area contributed by atoms with E-state index in [4.69, 9.17) is 5.73 Å². The lowest BCUT2D eigenvalue weighted by atomic mass is 10.3. The first-order valence-corrected chi connectivity index (χ1v) is 4.38. The van der Waals surface area contributed by atoms with Crippen molar-refractivity contribution in [2.75, 3.05) is 6.54 Å². The molecule has 0 aliphatic rings. The van der Waals surface area contributed by atoms with Crippen LogP contribution in [0.2, 0.25) is 0 Å². The molecular weight excluding hydrogens is 158 g/mol. The monoisotopic (exact) mass is 167 g/mol. The lowest BCUT2D eigenvalue weighted by molar-refractivity contribution is 0.904. The molecule has 0 saturated heterocycles. The molecule has 0 fully saturated rings. The molecule has 2 N–H and O–H groups in total. The quantitative estimate of drug-likeness (QED) is 0.722. The molecule has 11 heavy (non-hydrogen) atoms. The van der Waals surface area contributed by atoms with Crippen molar-refractivity contribution in [3.05, 3.63) is 23.6 Å². The molecule has 0 amide bonds. The normalized spacial score (nSPS) is 11.0. The minimum absolute atomic E-state index is 0.698. The number of hydrogen-bond donors (Lipinski definition) is 1. The maximum absolute atomic E-state index is 5.45. The molecule has 0 aliphatic heterocycles. The summed E-state index contributed by atoms with van der Waals surface area (Å²) in [5.74, 6) is 0. The van der Waals surface area contributed by atoms with E-state index in [-0.39, 0.29) is 0 Å². The third-order valence-electron chi connectivity index (χ3n) is 1.63. The Morgan fingerprint density at radius 1 is 1.64 bits per heavy atom. The van der Waals surface area contributed by atoms with Crippen LogP contribution in [0.3, 0.4) is 0 Å². The predicted molar refractivity (Wildman–Crippen MR) is 45.8 cm³/mol. The van der Waals surface area contributed by atoms with Gasteiger partial charge in [0.2, 0.25) is 0 Å². The van der Waals surface area contributed by atoms with E-state index >= 15 is 0 Å². The molecule has 0 saturated carbocycles. The van der Waals surface area contributed by atoms with Crippen LogP contribution in [0.5, 0.6) is 0 Å². The van der Waals surface area contributed by atoms with Gasteiger partial charge in [-0.25, -0.2) is 4.98 Å². The molecule has 0 spiro atoms. The van der Waals surface area contributed by atoms with Crippen LogP contribution in [0, 0.1) is 0 Å². The number of aromatic nitrogens is 2. The first-order chi connectivity index (χ1) is 5.42. The zero-order valence-electron chi connectivity index (χ0n) is 6.03. The topological polar surface area (TPSA) is 43.3 Å². The van der Waals surface area contributed by atoms with Gasteiger partial charge in [0.25, 0.3) is 0 Å². The van der Waals surface area contributed by atoms with Crippen molar-refractivity contribution in [2.24, 2.45) is 5.73 Å². The summed E-state index contributed by atoms with van der Waals surface area (Å²) < 4.78 is 2.08. The lowest BCUT2D eigenvalue weighted by Crippen LogP contribution is -2.04. The SMILES string of the molecule is NCCc1csc2cncn12. The molecule has 2 aromatic heterocycles. The fourth-order valence-corrected chi connectivity index (χ4v) is 1.99. The minimum Gasteiger partial charge on any atom is -0.330 e. The van der Waals surface area contributed by atoms with Crippen molar-refractivity contribution in [3.8, 4) is 0 Å². The lowest BCUT2D eigenvalue weighted by Gasteiger charge is -1.93. The summed E-state index contributed by atoms with van der Waals surface area (Å²) >= 11 is 1.71. The highest BCUT2D eigenvalue weighted by Crippen LogP contribution is 2.15. The van der Waals surface area contributed by atoms with Gasteiger partial charge in [0.15, 0.2) is 0 Å². The van der Waals surface area contributed by atoms with Crippen molar-refractivity contribution >= 4 is 16.2 Å². The molecule has 2 aromatic rings. The summed E-state index contributed by atoms with van der Waals surface area (Å²) in [6, 6.07) is 0. The van der Waals surface area contributed by atoms with Gasteiger partial charge in [0, 0.05) is 17.5 Å². The maximum atomic E-state index is 5.45. The van der Waals surface area contributed by atoms with Gasteiger partial charge in [-0.05, 0) is 6.54 Å². The third-order valence-corrected chi connectivity index (χ3v) is 2.56. The number of nitrogens with zero attached hydrogens (tertiary/aromatic N) is 2. The molecule has 0 atom stereocenters. The fraction of sp³-hybridized carbons (Fsp3) is 0.286. The molecule has 2 rings (SSSR count). The highest BCUT2D eigenvalue weighted by Gasteiger charge is 2.00. The molecule has 0 aromatic carbocycles. The highest BCUT2D eigenvalue weighted by molar-refractivity contribution is 7.15. The fourth-order valence-electron chi connectivity index (χ4n) is 1.10. The van der Waals surface area contributed by atoms with Gasteiger partial charge in [-0.1, -0.05) is 0 Å². The highest BCUT2D eigenvalue weighted by atomic mass is 32.1. The van der Waals surface area contributed by atoms with Crippen molar-refractivity contribution in [2.45, 2.75) is 6.42 Å². The van der Waals surface area contributed by atoms with E-state index in [1.54, 1.807) is 11.3 Å². The Morgan fingerprint density at radius 2 is 2.55 bits per heavy atom. The second kappa shape index (κ2) is 2.64. The van der Waals surface area contributed by atoms with E-state index in [1.807, 2.05) is 12.5 Å². The van der Waals surface area contributed by atoms with Crippen molar-refractivity contribution in [1.29, 1.82) is 0 Å². The molecule has 4 heteroatoms. The number of thiazole rings is 1. The number of imidazole rings is 1. The van der Waals surface area contributed by atoms with E-state index in [0.717, 1.165) is 6.42 Å². The standard InChI is InChI=1S/C7H9N3S/c8-2-1-6-4-11-7-3-9-5-10(6)7/h3-5H,1-2,8H2. The van der Waals surface area contributed by atoms with Gasteiger partial charge < -0.3 is 5.73 Å². The zero-order chi connectivity index (χ0) is 7.68. The Hall–Kier alpha value is -0.870. The third kappa shape index (κ3) is 1.04. The van der Waals surface area contributed by atoms with E-state index < -0.39 is 0 Å². The van der Waals surface area contributed by atoms with E-state index in [2.05, 4.69) is 14.8 Å². The average molecular weight is 167 g/mol. The molecule has 2 heterocycles.